The lowest BCUT2D eigenvalue weighted by molar-refractivity contribution is 0.156. The zero-order valence-corrected chi connectivity index (χ0v) is 11.8. The molecule has 0 radical (unpaired) electrons. The van der Waals surface area contributed by atoms with Gasteiger partial charge in [0.1, 0.15) is 0 Å². The highest BCUT2D eigenvalue weighted by molar-refractivity contribution is 5.22. The van der Waals surface area contributed by atoms with Crippen LogP contribution in [0, 0.1) is 0 Å². The molecule has 1 heterocycles. The molecular weight excluding hydrogens is 236 g/mol. The average molecular weight is 260 g/mol. The van der Waals surface area contributed by atoms with Crippen LogP contribution in [-0.2, 0) is 17.8 Å². The van der Waals surface area contributed by atoms with E-state index in [1.807, 2.05) is 0 Å². The van der Waals surface area contributed by atoms with Crippen molar-refractivity contribution in [2.75, 3.05) is 20.3 Å². The summed E-state index contributed by atoms with van der Waals surface area (Å²) in [5.41, 5.74) is 2.78. The van der Waals surface area contributed by atoms with E-state index in [0.717, 1.165) is 32.3 Å². The molecular formula is C16H24N2O. The van der Waals surface area contributed by atoms with Gasteiger partial charge < -0.3 is 10.1 Å². The van der Waals surface area contributed by atoms with Gasteiger partial charge in [-0.1, -0.05) is 24.3 Å². The third-order valence-corrected chi connectivity index (χ3v) is 4.16. The SMILES string of the molecule is CN(Cc1ccc(CNC2CC2)cc1)C1CCOC1. The minimum Gasteiger partial charge on any atom is -0.380 e. The number of likely N-dealkylation sites (N-methyl/N-ethyl adjacent to an activating group) is 1. The normalized spacial score (nSPS) is 23.2. The number of hydrogen-bond donors (Lipinski definition) is 1. The van der Waals surface area contributed by atoms with Gasteiger partial charge in [-0.2, -0.15) is 0 Å². The Kier molecular flexibility index (Phi) is 4.16. The summed E-state index contributed by atoms with van der Waals surface area (Å²) in [6.45, 7) is 3.84. The topological polar surface area (TPSA) is 24.5 Å². The second-order valence-corrected chi connectivity index (χ2v) is 5.90. The Labute approximate surface area is 115 Å². The molecule has 3 nitrogen and oxygen atoms in total. The molecule has 19 heavy (non-hydrogen) atoms. The second kappa shape index (κ2) is 6.04. The molecule has 0 aromatic heterocycles. The van der Waals surface area contributed by atoms with E-state index in [1.54, 1.807) is 0 Å². The van der Waals surface area contributed by atoms with Crippen molar-refractivity contribution in [3.05, 3.63) is 35.4 Å². The molecule has 0 bridgehead atoms. The molecule has 2 fully saturated rings. The molecule has 1 aromatic carbocycles. The summed E-state index contributed by atoms with van der Waals surface area (Å²) in [7, 11) is 2.20. The molecule has 0 spiro atoms. The zero-order chi connectivity index (χ0) is 13.1. The van der Waals surface area contributed by atoms with Gasteiger partial charge in [-0.05, 0) is 37.4 Å². The zero-order valence-electron chi connectivity index (χ0n) is 11.8. The summed E-state index contributed by atoms with van der Waals surface area (Å²) in [6, 6.07) is 10.4. The molecule has 1 aliphatic heterocycles. The van der Waals surface area contributed by atoms with Crippen LogP contribution in [0.5, 0.6) is 0 Å². The quantitative estimate of drug-likeness (QED) is 0.848. The number of nitrogens with one attached hydrogen (secondary N) is 1. The van der Waals surface area contributed by atoms with E-state index < -0.39 is 0 Å². The fraction of sp³-hybridized carbons (Fsp3) is 0.625. The average Bonchev–Trinajstić information content (AvgIpc) is 3.09. The highest BCUT2D eigenvalue weighted by Crippen LogP contribution is 2.19. The number of benzene rings is 1. The van der Waals surface area contributed by atoms with E-state index in [-0.39, 0.29) is 0 Å². The Balaban J connectivity index is 1.49. The van der Waals surface area contributed by atoms with Crippen molar-refractivity contribution in [3.8, 4) is 0 Å². The van der Waals surface area contributed by atoms with Crippen molar-refractivity contribution in [2.45, 2.75) is 44.4 Å². The Morgan fingerprint density at radius 3 is 2.53 bits per heavy atom. The molecule has 1 saturated heterocycles. The first-order valence-corrected chi connectivity index (χ1v) is 7.40. The van der Waals surface area contributed by atoms with Gasteiger partial charge in [0, 0.05) is 31.8 Å². The van der Waals surface area contributed by atoms with E-state index >= 15 is 0 Å². The van der Waals surface area contributed by atoms with Gasteiger partial charge >= 0.3 is 0 Å². The lowest BCUT2D eigenvalue weighted by Crippen LogP contribution is -2.31. The molecule has 3 heteroatoms. The lowest BCUT2D eigenvalue weighted by Gasteiger charge is -2.22. The third kappa shape index (κ3) is 3.78. The summed E-state index contributed by atoms with van der Waals surface area (Å²) < 4.78 is 5.45. The van der Waals surface area contributed by atoms with Gasteiger partial charge in [0.05, 0.1) is 6.61 Å². The van der Waals surface area contributed by atoms with Crippen molar-refractivity contribution >= 4 is 0 Å². The molecule has 1 unspecified atom stereocenters. The van der Waals surface area contributed by atoms with Crippen LogP contribution in [0.1, 0.15) is 30.4 Å². The smallest absolute Gasteiger partial charge is 0.0622 e. The van der Waals surface area contributed by atoms with Crippen LogP contribution >= 0.6 is 0 Å². The van der Waals surface area contributed by atoms with Gasteiger partial charge in [-0.3, -0.25) is 4.90 Å². The maximum Gasteiger partial charge on any atom is 0.0622 e. The van der Waals surface area contributed by atoms with E-state index in [0.29, 0.717) is 6.04 Å². The first-order valence-electron chi connectivity index (χ1n) is 7.40. The summed E-state index contributed by atoms with van der Waals surface area (Å²) >= 11 is 0. The van der Waals surface area contributed by atoms with Crippen molar-refractivity contribution < 1.29 is 4.74 Å². The first-order chi connectivity index (χ1) is 9.31. The lowest BCUT2D eigenvalue weighted by atomic mass is 10.1. The first kappa shape index (κ1) is 13.1. The van der Waals surface area contributed by atoms with Gasteiger partial charge in [0.25, 0.3) is 0 Å². The summed E-state index contributed by atoms with van der Waals surface area (Å²) in [5.74, 6) is 0. The monoisotopic (exact) mass is 260 g/mol. The fourth-order valence-corrected chi connectivity index (χ4v) is 2.60. The Morgan fingerprint density at radius 2 is 1.89 bits per heavy atom. The van der Waals surface area contributed by atoms with Crippen molar-refractivity contribution in [3.63, 3.8) is 0 Å². The minimum absolute atomic E-state index is 0.594. The van der Waals surface area contributed by atoms with Gasteiger partial charge in [0.15, 0.2) is 0 Å². The number of rotatable bonds is 6. The van der Waals surface area contributed by atoms with Crippen LogP contribution in [-0.4, -0.2) is 37.2 Å². The number of ether oxygens (including phenoxy) is 1. The van der Waals surface area contributed by atoms with E-state index in [4.69, 9.17) is 4.74 Å². The Hall–Kier alpha value is -0.900. The molecule has 1 N–H and O–H groups in total. The molecule has 0 amide bonds. The van der Waals surface area contributed by atoms with Gasteiger partial charge in [-0.15, -0.1) is 0 Å². The third-order valence-electron chi connectivity index (χ3n) is 4.16. The maximum absolute atomic E-state index is 5.45. The van der Waals surface area contributed by atoms with Gasteiger partial charge in [-0.25, -0.2) is 0 Å². The Morgan fingerprint density at radius 1 is 1.16 bits per heavy atom. The predicted octanol–water partition coefficient (Wildman–Crippen LogP) is 2.16. The van der Waals surface area contributed by atoms with Crippen LogP contribution in [0.2, 0.25) is 0 Å². The van der Waals surface area contributed by atoms with Crippen LogP contribution < -0.4 is 5.32 Å². The number of nitrogens with zero attached hydrogens (tertiary/aromatic N) is 1. The standard InChI is InChI=1S/C16H24N2O/c1-18(16-8-9-19-12-16)11-14-4-2-13(3-5-14)10-17-15-6-7-15/h2-5,15-17H,6-12H2,1H3. The predicted molar refractivity (Wildman–Crippen MR) is 77.0 cm³/mol. The largest absolute Gasteiger partial charge is 0.380 e. The minimum atomic E-state index is 0.594. The van der Waals surface area contributed by atoms with Crippen LogP contribution in [0.15, 0.2) is 24.3 Å². The van der Waals surface area contributed by atoms with E-state index in [9.17, 15) is 0 Å². The highest BCUT2D eigenvalue weighted by atomic mass is 16.5. The Bertz CT molecular complexity index is 394. The van der Waals surface area contributed by atoms with Crippen molar-refractivity contribution in [2.24, 2.45) is 0 Å². The molecule has 1 atom stereocenters. The second-order valence-electron chi connectivity index (χ2n) is 5.90. The molecule has 3 rings (SSSR count). The van der Waals surface area contributed by atoms with E-state index in [2.05, 4.69) is 41.5 Å². The highest BCUT2D eigenvalue weighted by Gasteiger charge is 2.21. The van der Waals surface area contributed by atoms with E-state index in [1.165, 1.54) is 30.4 Å². The summed E-state index contributed by atoms with van der Waals surface area (Å²) in [5, 5.41) is 3.55. The maximum atomic E-state index is 5.45. The van der Waals surface area contributed by atoms with Gasteiger partial charge in [0.2, 0.25) is 0 Å². The van der Waals surface area contributed by atoms with Crippen molar-refractivity contribution in [1.82, 2.24) is 10.2 Å². The molecule has 2 aliphatic rings. The molecule has 1 saturated carbocycles. The molecule has 1 aromatic rings. The van der Waals surface area contributed by atoms with Crippen molar-refractivity contribution in [1.29, 1.82) is 0 Å². The summed E-state index contributed by atoms with van der Waals surface area (Å²) in [4.78, 5) is 2.41. The summed E-state index contributed by atoms with van der Waals surface area (Å²) in [6.07, 6.45) is 3.87. The molecule has 1 aliphatic carbocycles. The van der Waals surface area contributed by atoms with Crippen LogP contribution in [0.25, 0.3) is 0 Å². The van der Waals surface area contributed by atoms with Crippen LogP contribution in [0.3, 0.4) is 0 Å². The fourth-order valence-electron chi connectivity index (χ4n) is 2.60. The van der Waals surface area contributed by atoms with Crippen LogP contribution in [0.4, 0.5) is 0 Å². The number of hydrogen-bond acceptors (Lipinski definition) is 3. The molecule has 104 valence electrons.